The lowest BCUT2D eigenvalue weighted by molar-refractivity contribution is 0.0677. The summed E-state index contributed by atoms with van der Waals surface area (Å²) in [6.45, 7) is 1.51. The quantitative estimate of drug-likeness (QED) is 0.606. The molecule has 2 N–H and O–H groups in total. The van der Waals surface area contributed by atoms with Gasteiger partial charge in [-0.3, -0.25) is 4.57 Å². The highest BCUT2D eigenvalue weighted by molar-refractivity contribution is 5.83. The van der Waals surface area contributed by atoms with Crippen LogP contribution >= 0.6 is 0 Å². The van der Waals surface area contributed by atoms with Crippen LogP contribution in [-0.4, -0.2) is 32.4 Å². The zero-order valence-electron chi connectivity index (χ0n) is 6.32. The third-order valence-electron chi connectivity index (χ3n) is 1.78. The fourth-order valence-electron chi connectivity index (χ4n) is 1.24. The molecule has 0 unspecified atom stereocenters. The van der Waals surface area contributed by atoms with Gasteiger partial charge in [-0.2, -0.15) is 0 Å². The van der Waals surface area contributed by atoms with Crippen LogP contribution in [0.3, 0.4) is 0 Å². The van der Waals surface area contributed by atoms with Crippen LogP contribution in [0, 0.1) is 0 Å². The van der Waals surface area contributed by atoms with Gasteiger partial charge in [0, 0.05) is 13.1 Å². The average Bonchev–Trinajstić information content (AvgIpc) is 2.47. The van der Waals surface area contributed by atoms with Crippen molar-refractivity contribution in [2.75, 3.05) is 11.9 Å². The second-order valence-electron chi connectivity index (χ2n) is 2.58. The Labute approximate surface area is 68.2 Å². The summed E-state index contributed by atoms with van der Waals surface area (Å²) in [5, 5.41) is 18.9. The van der Waals surface area contributed by atoms with Crippen LogP contribution < -0.4 is 5.32 Å². The summed E-state index contributed by atoms with van der Waals surface area (Å²) in [5.41, 5.74) is 0. The van der Waals surface area contributed by atoms with Gasteiger partial charge in [0.25, 0.3) is 0 Å². The van der Waals surface area contributed by atoms with Crippen molar-refractivity contribution in [3.63, 3.8) is 0 Å². The van der Waals surface area contributed by atoms with Gasteiger partial charge in [-0.1, -0.05) is 0 Å². The average molecular weight is 168 g/mol. The molecule has 1 aliphatic rings. The number of carboxylic acid groups (broad SMARTS) is 1. The molecule has 6 heteroatoms. The minimum Gasteiger partial charge on any atom is -0.475 e. The van der Waals surface area contributed by atoms with Crippen molar-refractivity contribution in [2.24, 2.45) is 0 Å². The third-order valence-corrected chi connectivity index (χ3v) is 1.78. The summed E-state index contributed by atoms with van der Waals surface area (Å²) in [6.07, 6.45) is 0.908. The topological polar surface area (TPSA) is 80.0 Å². The molecule has 0 atom stereocenters. The van der Waals surface area contributed by atoms with Gasteiger partial charge in [-0.05, 0) is 6.42 Å². The molecule has 1 aromatic heterocycles. The standard InChI is InChI=1S/C6H8N4O2/c11-5(12)4-8-9-6-7-2-1-3-10(4)6/h1-3H2,(H,7,9)(H,11,12). The number of carbonyl (C=O) groups is 1. The molecule has 64 valence electrons. The molecule has 0 amide bonds. The van der Waals surface area contributed by atoms with Crippen molar-refractivity contribution in [3.05, 3.63) is 5.82 Å². The Morgan fingerprint density at radius 1 is 1.58 bits per heavy atom. The van der Waals surface area contributed by atoms with Crippen LogP contribution in [0.25, 0.3) is 0 Å². The van der Waals surface area contributed by atoms with E-state index in [4.69, 9.17) is 5.11 Å². The molecular weight excluding hydrogens is 160 g/mol. The van der Waals surface area contributed by atoms with E-state index in [2.05, 4.69) is 15.5 Å². The molecule has 1 aromatic rings. The highest BCUT2D eigenvalue weighted by Crippen LogP contribution is 2.12. The fraction of sp³-hybridized carbons (Fsp3) is 0.500. The second-order valence-corrected chi connectivity index (χ2v) is 2.58. The maximum Gasteiger partial charge on any atom is 0.374 e. The maximum atomic E-state index is 10.6. The van der Waals surface area contributed by atoms with E-state index in [0.717, 1.165) is 13.0 Å². The molecule has 0 saturated carbocycles. The first-order valence-electron chi connectivity index (χ1n) is 3.69. The highest BCUT2D eigenvalue weighted by Gasteiger charge is 2.19. The molecule has 2 rings (SSSR count). The molecule has 0 aromatic carbocycles. The Hall–Kier alpha value is -1.59. The van der Waals surface area contributed by atoms with E-state index in [0.29, 0.717) is 12.5 Å². The predicted molar refractivity (Wildman–Crippen MR) is 40.1 cm³/mol. The lowest BCUT2D eigenvalue weighted by Crippen LogP contribution is -2.20. The molecule has 12 heavy (non-hydrogen) atoms. The van der Waals surface area contributed by atoms with Crippen molar-refractivity contribution >= 4 is 11.9 Å². The largest absolute Gasteiger partial charge is 0.475 e. The number of nitrogens with one attached hydrogen (secondary N) is 1. The first-order chi connectivity index (χ1) is 5.79. The molecule has 0 saturated heterocycles. The van der Waals surface area contributed by atoms with Crippen molar-refractivity contribution in [3.8, 4) is 0 Å². The number of fused-ring (bicyclic) bond motifs is 1. The van der Waals surface area contributed by atoms with Gasteiger partial charge in [-0.15, -0.1) is 10.2 Å². The Bertz CT molecular complexity index is 319. The molecule has 0 bridgehead atoms. The van der Waals surface area contributed by atoms with Crippen LogP contribution in [0.15, 0.2) is 0 Å². The molecule has 0 radical (unpaired) electrons. The van der Waals surface area contributed by atoms with Crippen LogP contribution in [0.1, 0.15) is 17.0 Å². The third kappa shape index (κ3) is 0.919. The molecule has 0 fully saturated rings. The number of hydrogen-bond donors (Lipinski definition) is 2. The summed E-state index contributed by atoms with van der Waals surface area (Å²) in [7, 11) is 0. The van der Waals surface area contributed by atoms with E-state index in [1.54, 1.807) is 4.57 Å². The van der Waals surface area contributed by atoms with Gasteiger partial charge in [0.2, 0.25) is 11.8 Å². The lowest BCUT2D eigenvalue weighted by atomic mass is 10.3. The molecule has 0 spiro atoms. The van der Waals surface area contributed by atoms with Gasteiger partial charge in [0.1, 0.15) is 0 Å². The molecule has 2 heterocycles. The first-order valence-corrected chi connectivity index (χ1v) is 3.69. The summed E-state index contributed by atoms with van der Waals surface area (Å²) < 4.78 is 1.58. The second kappa shape index (κ2) is 2.47. The van der Waals surface area contributed by atoms with Crippen molar-refractivity contribution in [1.29, 1.82) is 0 Å². The number of anilines is 1. The van der Waals surface area contributed by atoms with Crippen molar-refractivity contribution < 1.29 is 9.90 Å². The molecule has 0 aliphatic carbocycles. The lowest BCUT2D eigenvalue weighted by Gasteiger charge is -2.14. The molecule has 6 nitrogen and oxygen atoms in total. The predicted octanol–water partition coefficient (Wildman–Crippen LogP) is -0.208. The smallest absolute Gasteiger partial charge is 0.374 e. The summed E-state index contributed by atoms with van der Waals surface area (Å²) in [5.74, 6) is -0.465. The Morgan fingerprint density at radius 2 is 2.42 bits per heavy atom. The van der Waals surface area contributed by atoms with E-state index in [-0.39, 0.29) is 5.82 Å². The Balaban J connectivity index is 2.44. The SMILES string of the molecule is O=C(O)c1nnc2n1CCCN2. The van der Waals surface area contributed by atoms with Crippen LogP contribution in [0.5, 0.6) is 0 Å². The first kappa shape index (κ1) is 7.08. The normalized spacial score (nSPS) is 15.0. The maximum absolute atomic E-state index is 10.6. The minimum absolute atomic E-state index is 0.0113. The number of aromatic nitrogens is 3. The van der Waals surface area contributed by atoms with E-state index in [9.17, 15) is 4.79 Å². The van der Waals surface area contributed by atoms with Gasteiger partial charge in [0.15, 0.2) is 0 Å². The van der Waals surface area contributed by atoms with E-state index >= 15 is 0 Å². The highest BCUT2D eigenvalue weighted by atomic mass is 16.4. The van der Waals surface area contributed by atoms with E-state index in [1.165, 1.54) is 0 Å². The van der Waals surface area contributed by atoms with Gasteiger partial charge in [-0.25, -0.2) is 4.79 Å². The summed E-state index contributed by atoms with van der Waals surface area (Å²) in [6, 6.07) is 0. The number of hydrogen-bond acceptors (Lipinski definition) is 4. The number of carboxylic acids is 1. The van der Waals surface area contributed by atoms with Gasteiger partial charge in [0.05, 0.1) is 0 Å². The summed E-state index contributed by atoms with van der Waals surface area (Å²) >= 11 is 0. The zero-order valence-corrected chi connectivity index (χ0v) is 6.32. The van der Waals surface area contributed by atoms with E-state index < -0.39 is 5.97 Å². The number of rotatable bonds is 1. The molecule has 1 aliphatic heterocycles. The monoisotopic (exact) mass is 168 g/mol. The number of nitrogens with zero attached hydrogens (tertiary/aromatic N) is 3. The van der Waals surface area contributed by atoms with Gasteiger partial charge < -0.3 is 10.4 Å². The van der Waals surface area contributed by atoms with E-state index in [1.807, 2.05) is 0 Å². The minimum atomic E-state index is -1.03. The van der Waals surface area contributed by atoms with Crippen molar-refractivity contribution in [1.82, 2.24) is 14.8 Å². The molecular formula is C6H8N4O2. The zero-order chi connectivity index (χ0) is 8.55. The fourth-order valence-corrected chi connectivity index (χ4v) is 1.24. The van der Waals surface area contributed by atoms with Crippen LogP contribution in [0.2, 0.25) is 0 Å². The Kier molecular flexibility index (Phi) is 1.46. The summed E-state index contributed by atoms with van der Waals surface area (Å²) in [4.78, 5) is 10.6. The van der Waals surface area contributed by atoms with Crippen LogP contribution in [-0.2, 0) is 6.54 Å². The Morgan fingerprint density at radius 3 is 3.17 bits per heavy atom. The van der Waals surface area contributed by atoms with Gasteiger partial charge >= 0.3 is 5.97 Å². The van der Waals surface area contributed by atoms with Crippen molar-refractivity contribution in [2.45, 2.75) is 13.0 Å². The van der Waals surface area contributed by atoms with Crippen LogP contribution in [0.4, 0.5) is 5.95 Å². The number of aromatic carboxylic acids is 1.